The summed E-state index contributed by atoms with van der Waals surface area (Å²) < 4.78 is 37.3. The van der Waals surface area contributed by atoms with E-state index >= 15 is 0 Å². The van der Waals surface area contributed by atoms with Crippen molar-refractivity contribution in [2.75, 3.05) is 12.4 Å². The van der Waals surface area contributed by atoms with Gasteiger partial charge in [0.25, 0.3) is 6.01 Å². The Morgan fingerprint density at radius 2 is 1.88 bits per heavy atom. The van der Waals surface area contributed by atoms with Crippen molar-refractivity contribution in [3.05, 3.63) is 65.9 Å². The van der Waals surface area contributed by atoms with E-state index in [1.165, 1.54) is 19.4 Å². The Morgan fingerprint density at radius 1 is 1.17 bits per heavy atom. The number of ether oxygens (including phenoxy) is 1. The van der Waals surface area contributed by atoms with Crippen LogP contribution < -0.4 is 5.32 Å². The van der Waals surface area contributed by atoms with Gasteiger partial charge in [-0.3, -0.25) is 0 Å². The van der Waals surface area contributed by atoms with Crippen LogP contribution in [0.5, 0.6) is 0 Å². The molecule has 7 heteroatoms. The van der Waals surface area contributed by atoms with E-state index in [4.69, 9.17) is 4.42 Å². The van der Waals surface area contributed by atoms with Crippen molar-refractivity contribution in [2.24, 2.45) is 0 Å². The Bertz CT molecular complexity index is 873. The van der Waals surface area contributed by atoms with Crippen LogP contribution in [0.2, 0.25) is 0 Å². The topological polar surface area (TPSA) is 64.4 Å². The highest BCUT2D eigenvalue weighted by molar-refractivity contribution is 5.90. The predicted molar refractivity (Wildman–Crippen MR) is 82.9 cm³/mol. The number of nitrogens with zero attached hydrogens (tertiary/aromatic N) is 1. The minimum atomic E-state index is -0.762. The Hall–Kier alpha value is -3.22. The van der Waals surface area contributed by atoms with Gasteiger partial charge in [0.2, 0.25) is 0 Å². The fourth-order valence-corrected chi connectivity index (χ4v) is 2.11. The molecule has 0 amide bonds. The number of hydrogen-bond acceptors (Lipinski definition) is 5. The molecule has 0 unspecified atom stereocenters. The number of oxazole rings is 1. The summed E-state index contributed by atoms with van der Waals surface area (Å²) in [6.45, 7) is 0. The van der Waals surface area contributed by atoms with Crippen molar-refractivity contribution in [3.8, 4) is 11.3 Å². The summed E-state index contributed by atoms with van der Waals surface area (Å²) in [5.41, 5.74) is 0.572. The summed E-state index contributed by atoms with van der Waals surface area (Å²) in [7, 11) is 1.29. The molecule has 24 heavy (non-hydrogen) atoms. The maximum atomic E-state index is 13.6. The maximum Gasteiger partial charge on any atom is 0.337 e. The molecule has 0 bridgehead atoms. The molecule has 0 radical (unpaired) electrons. The molecule has 0 spiro atoms. The standard InChI is InChI=1S/C17H12F2N2O3/c1-23-16(22)11-5-2-4-10(8-11)14-9-20-17(24-14)21-15-12(18)6-3-7-13(15)19/h2-9H,1H3,(H,20,21). The number of para-hydroxylation sites is 1. The third-order valence-corrected chi connectivity index (χ3v) is 3.27. The highest BCUT2D eigenvalue weighted by Crippen LogP contribution is 2.27. The van der Waals surface area contributed by atoms with Gasteiger partial charge in [0.1, 0.15) is 17.3 Å². The van der Waals surface area contributed by atoms with Crippen molar-refractivity contribution < 1.29 is 22.7 Å². The van der Waals surface area contributed by atoms with Crippen LogP contribution in [0.1, 0.15) is 10.4 Å². The van der Waals surface area contributed by atoms with Crippen LogP contribution in [0.15, 0.2) is 53.1 Å². The van der Waals surface area contributed by atoms with Gasteiger partial charge in [-0.05, 0) is 24.3 Å². The second-order valence-electron chi connectivity index (χ2n) is 4.82. The lowest BCUT2D eigenvalue weighted by molar-refractivity contribution is 0.0601. The van der Waals surface area contributed by atoms with Crippen molar-refractivity contribution in [2.45, 2.75) is 0 Å². The first-order valence-electron chi connectivity index (χ1n) is 6.94. The van der Waals surface area contributed by atoms with Crippen molar-refractivity contribution in [3.63, 3.8) is 0 Å². The number of halogens is 2. The van der Waals surface area contributed by atoms with Crippen LogP contribution in [0.3, 0.4) is 0 Å². The molecule has 0 aliphatic heterocycles. The first kappa shape index (κ1) is 15.7. The van der Waals surface area contributed by atoms with Crippen LogP contribution >= 0.6 is 0 Å². The second-order valence-corrected chi connectivity index (χ2v) is 4.82. The van der Waals surface area contributed by atoms with E-state index in [0.717, 1.165) is 12.1 Å². The Balaban J connectivity index is 1.87. The lowest BCUT2D eigenvalue weighted by Crippen LogP contribution is -2.00. The van der Waals surface area contributed by atoms with Gasteiger partial charge in [-0.25, -0.2) is 18.6 Å². The minimum absolute atomic E-state index is 0.0718. The zero-order chi connectivity index (χ0) is 17.1. The number of methoxy groups -OCH3 is 1. The predicted octanol–water partition coefficient (Wildman–Crippen LogP) is 4.15. The first-order chi connectivity index (χ1) is 11.6. The SMILES string of the molecule is COC(=O)c1cccc(-c2cnc(Nc3c(F)cccc3F)o2)c1. The van der Waals surface area contributed by atoms with Crippen molar-refractivity contribution in [1.82, 2.24) is 4.98 Å². The van der Waals surface area contributed by atoms with Gasteiger partial charge >= 0.3 is 5.97 Å². The third-order valence-electron chi connectivity index (χ3n) is 3.27. The molecule has 0 aliphatic rings. The molecular formula is C17H12F2N2O3. The quantitative estimate of drug-likeness (QED) is 0.728. The van der Waals surface area contributed by atoms with Crippen molar-refractivity contribution in [1.29, 1.82) is 0 Å². The molecule has 1 N–H and O–H groups in total. The molecule has 0 saturated heterocycles. The van der Waals surface area contributed by atoms with Crippen LogP contribution in [-0.4, -0.2) is 18.1 Å². The number of esters is 1. The Kier molecular flexibility index (Phi) is 4.24. The number of anilines is 2. The molecule has 0 atom stereocenters. The summed E-state index contributed by atoms with van der Waals surface area (Å²) >= 11 is 0. The fourth-order valence-electron chi connectivity index (χ4n) is 2.11. The number of benzene rings is 2. The van der Waals surface area contributed by atoms with E-state index in [1.807, 2.05) is 0 Å². The number of carbonyl (C=O) groups excluding carboxylic acids is 1. The van der Waals surface area contributed by atoms with Gasteiger partial charge in [0.15, 0.2) is 5.76 Å². The molecule has 122 valence electrons. The van der Waals surface area contributed by atoms with Gasteiger partial charge in [0, 0.05) is 5.56 Å². The lowest BCUT2D eigenvalue weighted by atomic mass is 10.1. The zero-order valence-corrected chi connectivity index (χ0v) is 12.5. The number of aromatic nitrogens is 1. The van der Waals surface area contributed by atoms with Gasteiger partial charge < -0.3 is 14.5 Å². The zero-order valence-electron chi connectivity index (χ0n) is 12.5. The van der Waals surface area contributed by atoms with E-state index in [-0.39, 0.29) is 11.7 Å². The minimum Gasteiger partial charge on any atom is -0.465 e. The van der Waals surface area contributed by atoms with Gasteiger partial charge in [-0.2, -0.15) is 0 Å². The fraction of sp³-hybridized carbons (Fsp3) is 0.0588. The molecule has 2 aromatic carbocycles. The van der Waals surface area contributed by atoms with E-state index in [1.54, 1.807) is 24.3 Å². The van der Waals surface area contributed by atoms with Gasteiger partial charge in [-0.1, -0.05) is 18.2 Å². The largest absolute Gasteiger partial charge is 0.465 e. The third kappa shape index (κ3) is 3.10. The molecule has 0 aliphatic carbocycles. The monoisotopic (exact) mass is 330 g/mol. The molecule has 1 heterocycles. The van der Waals surface area contributed by atoms with Crippen LogP contribution in [0.25, 0.3) is 11.3 Å². The molecule has 0 fully saturated rings. The normalized spacial score (nSPS) is 10.5. The molecular weight excluding hydrogens is 318 g/mol. The first-order valence-corrected chi connectivity index (χ1v) is 6.94. The molecule has 3 aromatic rings. The average molecular weight is 330 g/mol. The summed E-state index contributed by atoms with van der Waals surface area (Å²) in [5, 5.41) is 2.46. The van der Waals surface area contributed by atoms with Gasteiger partial charge in [0.05, 0.1) is 18.9 Å². The average Bonchev–Trinajstić information content (AvgIpc) is 3.06. The van der Waals surface area contributed by atoms with Crippen LogP contribution in [-0.2, 0) is 4.74 Å². The summed E-state index contributed by atoms with van der Waals surface area (Å²) in [4.78, 5) is 15.5. The highest BCUT2D eigenvalue weighted by Gasteiger charge is 2.13. The van der Waals surface area contributed by atoms with Crippen molar-refractivity contribution >= 4 is 17.7 Å². The van der Waals surface area contributed by atoms with Gasteiger partial charge in [-0.15, -0.1) is 0 Å². The number of rotatable bonds is 4. The van der Waals surface area contributed by atoms with E-state index in [0.29, 0.717) is 16.9 Å². The van der Waals surface area contributed by atoms with E-state index in [9.17, 15) is 13.6 Å². The summed E-state index contributed by atoms with van der Waals surface area (Å²) in [5.74, 6) is -1.67. The summed E-state index contributed by atoms with van der Waals surface area (Å²) in [6, 6.07) is 9.96. The smallest absolute Gasteiger partial charge is 0.337 e. The number of hydrogen-bond donors (Lipinski definition) is 1. The van der Waals surface area contributed by atoms with Crippen LogP contribution in [0.4, 0.5) is 20.5 Å². The highest BCUT2D eigenvalue weighted by atomic mass is 19.1. The Morgan fingerprint density at radius 3 is 2.58 bits per heavy atom. The van der Waals surface area contributed by atoms with E-state index < -0.39 is 17.6 Å². The Labute approximate surface area is 135 Å². The molecule has 3 rings (SSSR count). The molecule has 5 nitrogen and oxygen atoms in total. The molecule has 1 aromatic heterocycles. The number of nitrogens with one attached hydrogen (secondary N) is 1. The van der Waals surface area contributed by atoms with Crippen LogP contribution in [0, 0.1) is 11.6 Å². The second kappa shape index (κ2) is 6.49. The summed E-state index contributed by atoms with van der Waals surface area (Å²) in [6.07, 6.45) is 1.39. The molecule has 0 saturated carbocycles. The lowest BCUT2D eigenvalue weighted by Gasteiger charge is -2.04. The van der Waals surface area contributed by atoms with E-state index in [2.05, 4.69) is 15.0 Å². The maximum absolute atomic E-state index is 13.6. The number of carbonyl (C=O) groups is 1.